The van der Waals surface area contributed by atoms with Crippen molar-refractivity contribution in [2.45, 2.75) is 26.8 Å². The summed E-state index contributed by atoms with van der Waals surface area (Å²) < 4.78 is 5.18. The number of rotatable bonds is 6. The summed E-state index contributed by atoms with van der Waals surface area (Å²) in [4.78, 5) is 2.20. The van der Waals surface area contributed by atoms with Crippen molar-refractivity contribution in [2.75, 3.05) is 19.0 Å². The predicted octanol–water partition coefficient (Wildman–Crippen LogP) is 4.61. The second kappa shape index (κ2) is 8.53. The van der Waals surface area contributed by atoms with Crippen LogP contribution in [-0.4, -0.2) is 23.7 Å². The Morgan fingerprint density at radius 1 is 1.09 bits per heavy atom. The molecule has 0 spiro atoms. The number of nitrogens with zero attached hydrogens (tertiary/aromatic N) is 1. The van der Waals surface area contributed by atoms with E-state index in [1.54, 1.807) is 7.11 Å². The molecule has 0 unspecified atom stereocenters. The van der Waals surface area contributed by atoms with Crippen LogP contribution in [0.3, 0.4) is 0 Å². The van der Waals surface area contributed by atoms with E-state index in [1.165, 1.54) is 11.1 Å². The second-order valence-electron chi connectivity index (χ2n) is 5.57. The van der Waals surface area contributed by atoms with Gasteiger partial charge in [-0.3, -0.25) is 0 Å². The van der Waals surface area contributed by atoms with Crippen LogP contribution in [0.25, 0.3) is 0 Å². The van der Waals surface area contributed by atoms with Gasteiger partial charge in [-0.1, -0.05) is 36.8 Å². The van der Waals surface area contributed by atoms with Crippen molar-refractivity contribution in [1.82, 2.24) is 4.90 Å². The zero-order valence-electron chi connectivity index (χ0n) is 14.0. The summed E-state index contributed by atoms with van der Waals surface area (Å²) in [5, 5.41) is 4.06. The third-order valence-corrected chi connectivity index (χ3v) is 3.98. The van der Waals surface area contributed by atoms with Gasteiger partial charge in [0.1, 0.15) is 5.75 Å². The van der Waals surface area contributed by atoms with Crippen molar-refractivity contribution < 1.29 is 4.74 Å². The summed E-state index contributed by atoms with van der Waals surface area (Å²) in [6.07, 6.45) is 1.05. The van der Waals surface area contributed by atoms with Crippen molar-refractivity contribution in [2.24, 2.45) is 0 Å². The molecule has 0 amide bonds. The summed E-state index contributed by atoms with van der Waals surface area (Å²) in [5.41, 5.74) is 3.51. The monoisotopic (exact) mass is 328 g/mol. The number of hydrogen-bond acceptors (Lipinski definition) is 2. The number of methoxy groups -OCH3 is 1. The molecule has 1 N–H and O–H groups in total. The van der Waals surface area contributed by atoms with Gasteiger partial charge in [0.05, 0.1) is 7.11 Å². The van der Waals surface area contributed by atoms with Crippen molar-refractivity contribution in [3.63, 3.8) is 0 Å². The molecule has 2 aromatic carbocycles. The fourth-order valence-corrected chi connectivity index (χ4v) is 2.59. The Morgan fingerprint density at radius 3 is 2.30 bits per heavy atom. The normalized spacial score (nSPS) is 10.2. The smallest absolute Gasteiger partial charge is 0.173 e. The molecule has 0 saturated heterocycles. The van der Waals surface area contributed by atoms with Crippen molar-refractivity contribution in [3.05, 3.63) is 59.7 Å². The van der Waals surface area contributed by atoms with E-state index in [0.717, 1.165) is 36.1 Å². The van der Waals surface area contributed by atoms with Gasteiger partial charge in [0.25, 0.3) is 0 Å². The van der Waals surface area contributed by atoms with Gasteiger partial charge in [0.15, 0.2) is 5.11 Å². The van der Waals surface area contributed by atoms with Crippen LogP contribution in [0.5, 0.6) is 5.75 Å². The van der Waals surface area contributed by atoms with E-state index in [-0.39, 0.29) is 0 Å². The van der Waals surface area contributed by atoms with Crippen LogP contribution in [0.1, 0.15) is 24.5 Å². The zero-order valence-corrected chi connectivity index (χ0v) is 14.8. The number of benzene rings is 2. The van der Waals surface area contributed by atoms with Gasteiger partial charge in [-0.2, -0.15) is 0 Å². The Labute approximate surface area is 144 Å². The number of anilines is 1. The molecular weight excluding hydrogens is 304 g/mol. The molecule has 4 heteroatoms. The minimum absolute atomic E-state index is 0.748. The largest absolute Gasteiger partial charge is 0.497 e. The Hall–Kier alpha value is -2.07. The predicted molar refractivity (Wildman–Crippen MR) is 101 cm³/mol. The molecule has 2 aromatic rings. The lowest BCUT2D eigenvalue weighted by Crippen LogP contribution is -2.34. The third-order valence-electron chi connectivity index (χ3n) is 3.62. The average molecular weight is 328 g/mol. The Bertz CT molecular complexity index is 623. The Balaban J connectivity index is 2.03. The standard InChI is InChI=1S/C19H24N2OS/c1-4-13-21(14-16-7-5-15(2)6-8-16)19(23)20-17-9-11-18(22-3)12-10-17/h5-12H,4,13-14H2,1-3H3,(H,20,23). The summed E-state index contributed by atoms with van der Waals surface area (Å²) in [6.45, 7) is 6.01. The maximum atomic E-state index is 5.59. The van der Waals surface area contributed by atoms with Gasteiger partial charge in [-0.25, -0.2) is 0 Å². The van der Waals surface area contributed by atoms with Crippen molar-refractivity contribution >= 4 is 23.0 Å². The Morgan fingerprint density at radius 2 is 1.74 bits per heavy atom. The van der Waals surface area contributed by atoms with E-state index in [1.807, 2.05) is 24.3 Å². The molecule has 122 valence electrons. The van der Waals surface area contributed by atoms with E-state index in [2.05, 4.69) is 48.3 Å². The molecule has 0 aliphatic carbocycles. The fourth-order valence-electron chi connectivity index (χ4n) is 2.31. The van der Waals surface area contributed by atoms with Crippen LogP contribution >= 0.6 is 12.2 Å². The van der Waals surface area contributed by atoms with Gasteiger partial charge in [0, 0.05) is 18.8 Å². The number of ether oxygens (including phenoxy) is 1. The SMILES string of the molecule is CCCN(Cc1ccc(C)cc1)C(=S)Nc1ccc(OC)cc1. The van der Waals surface area contributed by atoms with Crippen LogP contribution in [0.15, 0.2) is 48.5 Å². The highest BCUT2D eigenvalue weighted by Gasteiger charge is 2.10. The van der Waals surface area contributed by atoms with E-state index >= 15 is 0 Å². The number of thiocarbonyl (C=S) groups is 1. The highest BCUT2D eigenvalue weighted by Crippen LogP contribution is 2.16. The molecule has 23 heavy (non-hydrogen) atoms. The van der Waals surface area contributed by atoms with Crippen LogP contribution in [0.4, 0.5) is 5.69 Å². The van der Waals surface area contributed by atoms with Crippen molar-refractivity contribution in [3.8, 4) is 5.75 Å². The Kier molecular flexibility index (Phi) is 6.41. The number of hydrogen-bond donors (Lipinski definition) is 1. The molecule has 0 bridgehead atoms. The molecule has 0 aromatic heterocycles. The lowest BCUT2D eigenvalue weighted by Gasteiger charge is -2.25. The minimum atomic E-state index is 0.748. The van der Waals surface area contributed by atoms with Gasteiger partial charge in [0.2, 0.25) is 0 Å². The first kappa shape index (κ1) is 17.3. The highest BCUT2D eigenvalue weighted by atomic mass is 32.1. The van der Waals surface area contributed by atoms with Crippen LogP contribution < -0.4 is 10.1 Å². The number of nitrogens with one attached hydrogen (secondary N) is 1. The molecule has 0 heterocycles. The first-order valence-corrected chi connectivity index (χ1v) is 8.28. The van der Waals surface area contributed by atoms with E-state index < -0.39 is 0 Å². The quantitative estimate of drug-likeness (QED) is 0.783. The maximum absolute atomic E-state index is 5.59. The van der Waals surface area contributed by atoms with Gasteiger partial charge in [-0.05, 0) is 55.4 Å². The summed E-state index contributed by atoms with van der Waals surface area (Å²) in [7, 11) is 1.66. The summed E-state index contributed by atoms with van der Waals surface area (Å²) in [5.74, 6) is 0.839. The average Bonchev–Trinajstić information content (AvgIpc) is 2.57. The molecule has 0 aliphatic heterocycles. The highest BCUT2D eigenvalue weighted by molar-refractivity contribution is 7.80. The molecular formula is C19H24N2OS. The second-order valence-corrected chi connectivity index (χ2v) is 5.95. The lowest BCUT2D eigenvalue weighted by atomic mass is 10.1. The zero-order chi connectivity index (χ0) is 16.7. The maximum Gasteiger partial charge on any atom is 0.173 e. The topological polar surface area (TPSA) is 24.5 Å². The first-order chi connectivity index (χ1) is 11.1. The molecule has 0 atom stereocenters. The van der Waals surface area contributed by atoms with Crippen LogP contribution in [0, 0.1) is 6.92 Å². The van der Waals surface area contributed by atoms with E-state index in [0.29, 0.717) is 0 Å². The van der Waals surface area contributed by atoms with Gasteiger partial charge < -0.3 is 15.0 Å². The molecule has 2 rings (SSSR count). The van der Waals surface area contributed by atoms with Gasteiger partial charge >= 0.3 is 0 Å². The van der Waals surface area contributed by atoms with Crippen molar-refractivity contribution in [1.29, 1.82) is 0 Å². The van der Waals surface area contributed by atoms with Crippen LogP contribution in [-0.2, 0) is 6.54 Å². The lowest BCUT2D eigenvalue weighted by molar-refractivity contribution is 0.414. The first-order valence-electron chi connectivity index (χ1n) is 7.88. The molecule has 0 fully saturated rings. The minimum Gasteiger partial charge on any atom is -0.497 e. The fraction of sp³-hybridized carbons (Fsp3) is 0.316. The van der Waals surface area contributed by atoms with E-state index in [9.17, 15) is 0 Å². The van der Waals surface area contributed by atoms with Crippen LogP contribution in [0.2, 0.25) is 0 Å². The molecule has 0 radical (unpaired) electrons. The third kappa shape index (κ3) is 5.25. The summed E-state index contributed by atoms with van der Waals surface area (Å²) in [6, 6.07) is 16.4. The number of aryl methyl sites for hydroxylation is 1. The van der Waals surface area contributed by atoms with E-state index in [4.69, 9.17) is 17.0 Å². The molecule has 0 saturated carbocycles. The molecule has 0 aliphatic rings. The van der Waals surface area contributed by atoms with Gasteiger partial charge in [-0.15, -0.1) is 0 Å². The summed E-state index contributed by atoms with van der Waals surface area (Å²) >= 11 is 5.59. The molecule has 3 nitrogen and oxygen atoms in total.